The van der Waals surface area contributed by atoms with Gasteiger partial charge in [0.1, 0.15) is 11.6 Å². The Morgan fingerprint density at radius 3 is 2.19 bits per heavy atom. The predicted molar refractivity (Wildman–Crippen MR) is 140 cm³/mol. The second kappa shape index (κ2) is 14.4. The summed E-state index contributed by atoms with van der Waals surface area (Å²) in [7, 11) is 0. The molecule has 10 heteroatoms. The second-order valence-corrected chi connectivity index (χ2v) is 10.3. The lowest BCUT2D eigenvalue weighted by molar-refractivity contribution is -0.131. The Hall–Kier alpha value is -3.14. The largest absolute Gasteiger partial charge is 0.444 e. The number of aliphatic imine (C=N–C) groups is 1. The Morgan fingerprint density at radius 1 is 1.08 bits per heavy atom. The highest BCUT2D eigenvalue weighted by Crippen LogP contribution is 2.20. The van der Waals surface area contributed by atoms with Crippen LogP contribution < -0.4 is 22.1 Å². The van der Waals surface area contributed by atoms with E-state index in [-0.39, 0.29) is 24.2 Å². The summed E-state index contributed by atoms with van der Waals surface area (Å²) in [6, 6.07) is 7.82. The van der Waals surface area contributed by atoms with Crippen LogP contribution in [0.25, 0.3) is 0 Å². The quantitative estimate of drug-likeness (QED) is 0.214. The molecule has 4 unspecified atom stereocenters. The van der Waals surface area contributed by atoms with E-state index in [1.807, 2.05) is 37.3 Å². The average molecular weight is 506 g/mol. The first-order valence-electron chi connectivity index (χ1n) is 12.4. The molecule has 7 N–H and O–H groups in total. The molecule has 0 aliphatic heterocycles. The summed E-state index contributed by atoms with van der Waals surface area (Å²) in [4.78, 5) is 41.6. The van der Waals surface area contributed by atoms with Gasteiger partial charge in [0, 0.05) is 5.92 Å². The highest BCUT2D eigenvalue weighted by atomic mass is 16.6. The minimum absolute atomic E-state index is 0.0777. The summed E-state index contributed by atoms with van der Waals surface area (Å²) in [6.45, 7) is 10.7. The smallest absolute Gasteiger partial charge is 0.407 e. The number of nitrogens with zero attached hydrogens (tertiary/aromatic N) is 1. The molecule has 0 saturated heterocycles. The lowest BCUT2D eigenvalue weighted by atomic mass is 9.89. The monoisotopic (exact) mass is 505 g/mol. The van der Waals surface area contributed by atoms with Gasteiger partial charge in [0.25, 0.3) is 5.91 Å². The van der Waals surface area contributed by atoms with Gasteiger partial charge in [-0.25, -0.2) is 4.79 Å². The molecule has 0 heterocycles. The molecule has 1 aromatic carbocycles. The van der Waals surface area contributed by atoms with Crippen LogP contribution in [0.5, 0.6) is 0 Å². The fourth-order valence-corrected chi connectivity index (χ4v) is 3.75. The molecule has 0 spiro atoms. The normalized spacial score (nSPS) is 14.8. The molecule has 0 aliphatic rings. The number of ether oxygens (including phenoxy) is 1. The maximum absolute atomic E-state index is 13.2. The summed E-state index contributed by atoms with van der Waals surface area (Å²) in [5.41, 5.74) is 10.9. The highest BCUT2D eigenvalue weighted by molar-refractivity contribution is 5.96. The van der Waals surface area contributed by atoms with Gasteiger partial charge in [0.2, 0.25) is 5.91 Å². The summed E-state index contributed by atoms with van der Waals surface area (Å²) < 4.78 is 5.38. The van der Waals surface area contributed by atoms with Gasteiger partial charge in [0.15, 0.2) is 5.96 Å². The molecular weight excluding hydrogens is 462 g/mol. The number of aliphatic hydroxyl groups excluding tert-OH is 1. The van der Waals surface area contributed by atoms with Crippen LogP contribution in [0.4, 0.5) is 4.79 Å². The van der Waals surface area contributed by atoms with Gasteiger partial charge in [-0.2, -0.15) is 4.99 Å². The number of guanidine groups is 1. The number of amides is 3. The van der Waals surface area contributed by atoms with Gasteiger partial charge in [-0.1, -0.05) is 57.5 Å². The third kappa shape index (κ3) is 11.5. The number of nitrogens with two attached hydrogens (primary N) is 2. The van der Waals surface area contributed by atoms with Crippen LogP contribution >= 0.6 is 0 Å². The van der Waals surface area contributed by atoms with Crippen molar-refractivity contribution in [3.05, 3.63) is 35.9 Å². The molecule has 1 rings (SSSR count). The third-order valence-electron chi connectivity index (χ3n) is 5.47. The predicted octanol–water partition coefficient (Wildman–Crippen LogP) is 2.23. The topological polar surface area (TPSA) is 169 Å². The lowest BCUT2D eigenvalue weighted by Crippen LogP contribution is -2.50. The van der Waals surface area contributed by atoms with Gasteiger partial charge in [0.05, 0.1) is 12.1 Å². The van der Waals surface area contributed by atoms with Gasteiger partial charge in [-0.3, -0.25) is 9.59 Å². The first-order chi connectivity index (χ1) is 16.7. The fourth-order valence-electron chi connectivity index (χ4n) is 3.75. The van der Waals surface area contributed by atoms with Crippen LogP contribution in [0, 0.1) is 11.8 Å². The van der Waals surface area contributed by atoms with Crippen molar-refractivity contribution in [2.24, 2.45) is 28.3 Å². The number of hydrogen-bond donors (Lipinski definition) is 5. The average Bonchev–Trinajstić information content (AvgIpc) is 2.75. The Morgan fingerprint density at radius 2 is 1.69 bits per heavy atom. The van der Waals surface area contributed by atoms with Gasteiger partial charge >= 0.3 is 6.09 Å². The van der Waals surface area contributed by atoms with E-state index in [0.717, 1.165) is 5.56 Å². The maximum Gasteiger partial charge on any atom is 0.407 e. The van der Waals surface area contributed by atoms with Crippen LogP contribution in [0.2, 0.25) is 0 Å². The van der Waals surface area contributed by atoms with Crippen LogP contribution in [-0.2, 0) is 20.7 Å². The zero-order valence-corrected chi connectivity index (χ0v) is 22.3. The van der Waals surface area contributed by atoms with E-state index in [9.17, 15) is 19.5 Å². The van der Waals surface area contributed by atoms with E-state index in [1.165, 1.54) is 0 Å². The fraction of sp³-hybridized carbons (Fsp3) is 0.615. The Bertz CT molecular complexity index is 878. The standard InChI is InChI=1S/C26H43N5O5/c1-7-11-18(22(33)30-21(16(2)3)23(34)31-24(27)28)15-20(32)19(14-17-12-9-8-10-13-17)29-25(35)36-26(4,5)6/h8-10,12-13,16,18-21,32H,7,11,14-15H2,1-6H3,(H,29,35)(H,30,33)(H4,27,28,31,34). The van der Waals surface area contributed by atoms with Gasteiger partial charge in [-0.05, 0) is 51.5 Å². The number of aliphatic hydroxyl groups is 1. The molecule has 3 amide bonds. The minimum Gasteiger partial charge on any atom is -0.444 e. The van der Waals surface area contributed by atoms with Crippen molar-refractivity contribution in [3.63, 3.8) is 0 Å². The van der Waals surface area contributed by atoms with Gasteiger partial charge < -0.3 is 31.9 Å². The summed E-state index contributed by atoms with van der Waals surface area (Å²) in [6.07, 6.45) is -0.114. The Labute approximate surface area is 214 Å². The van der Waals surface area contributed by atoms with Crippen LogP contribution in [-0.4, -0.2) is 52.8 Å². The summed E-state index contributed by atoms with van der Waals surface area (Å²) in [5.74, 6) is -2.25. The number of hydrogen-bond acceptors (Lipinski definition) is 5. The SMILES string of the molecule is CCCC(CC(O)C(Cc1ccccc1)NC(=O)OC(C)(C)C)C(=O)NC(C(=O)N=C(N)N)C(C)C. The molecule has 4 atom stereocenters. The van der Waals surface area contributed by atoms with Crippen molar-refractivity contribution in [1.82, 2.24) is 10.6 Å². The number of carbonyl (C=O) groups excluding carboxylic acids is 3. The Balaban J connectivity index is 3.07. The molecule has 0 bridgehead atoms. The van der Waals surface area contributed by atoms with Gasteiger partial charge in [-0.15, -0.1) is 0 Å². The lowest BCUT2D eigenvalue weighted by Gasteiger charge is -2.29. The maximum atomic E-state index is 13.2. The van der Waals surface area contributed by atoms with Crippen molar-refractivity contribution >= 4 is 23.9 Å². The highest BCUT2D eigenvalue weighted by Gasteiger charge is 2.32. The van der Waals surface area contributed by atoms with Crippen molar-refractivity contribution in [1.29, 1.82) is 0 Å². The molecule has 202 valence electrons. The number of benzene rings is 1. The second-order valence-electron chi connectivity index (χ2n) is 10.3. The zero-order valence-electron chi connectivity index (χ0n) is 22.3. The van der Waals surface area contributed by atoms with Crippen molar-refractivity contribution < 1.29 is 24.2 Å². The molecule has 10 nitrogen and oxygen atoms in total. The first kappa shape index (κ1) is 30.9. The van der Waals surface area contributed by atoms with E-state index >= 15 is 0 Å². The number of nitrogens with one attached hydrogen (secondary N) is 2. The molecule has 1 aromatic rings. The zero-order chi connectivity index (χ0) is 27.5. The van der Waals surface area contributed by atoms with Crippen LogP contribution in [0.1, 0.15) is 66.4 Å². The summed E-state index contributed by atoms with van der Waals surface area (Å²) in [5, 5.41) is 16.7. The van der Waals surface area contributed by atoms with Crippen molar-refractivity contribution in [2.45, 2.75) is 91.0 Å². The molecule has 0 radical (unpaired) electrons. The number of carbonyl (C=O) groups is 3. The molecule has 0 aromatic heterocycles. The molecular formula is C26H43N5O5. The van der Waals surface area contributed by atoms with Crippen LogP contribution in [0.3, 0.4) is 0 Å². The van der Waals surface area contributed by atoms with E-state index in [1.54, 1.807) is 34.6 Å². The molecule has 0 aliphatic carbocycles. The molecule has 0 fully saturated rings. The third-order valence-corrected chi connectivity index (χ3v) is 5.47. The number of rotatable bonds is 12. The number of alkyl carbamates (subject to hydrolysis) is 1. The first-order valence-corrected chi connectivity index (χ1v) is 12.4. The minimum atomic E-state index is -1.05. The van der Waals surface area contributed by atoms with E-state index in [4.69, 9.17) is 16.2 Å². The van der Waals surface area contributed by atoms with E-state index < -0.39 is 41.7 Å². The molecule has 0 saturated carbocycles. The Kier molecular flexibility index (Phi) is 12.4. The van der Waals surface area contributed by atoms with Crippen molar-refractivity contribution in [2.75, 3.05) is 0 Å². The van der Waals surface area contributed by atoms with Crippen molar-refractivity contribution in [3.8, 4) is 0 Å². The summed E-state index contributed by atoms with van der Waals surface area (Å²) >= 11 is 0. The molecule has 36 heavy (non-hydrogen) atoms. The van der Waals surface area contributed by atoms with Crippen LogP contribution in [0.15, 0.2) is 35.3 Å². The van der Waals surface area contributed by atoms with E-state index in [2.05, 4.69) is 15.6 Å². The van der Waals surface area contributed by atoms with E-state index in [0.29, 0.717) is 19.3 Å².